The van der Waals surface area contributed by atoms with Crippen molar-refractivity contribution in [2.24, 2.45) is 5.92 Å². The number of phenols is 1. The molecule has 0 spiro atoms. The van der Waals surface area contributed by atoms with Gasteiger partial charge in [0.15, 0.2) is 5.75 Å². The number of benzene rings is 1. The first kappa shape index (κ1) is 11.9. The van der Waals surface area contributed by atoms with Gasteiger partial charge in [0.1, 0.15) is 0 Å². The zero-order valence-electron chi connectivity index (χ0n) is 8.49. The molecule has 1 heterocycles. The van der Waals surface area contributed by atoms with Crippen molar-refractivity contribution < 1.29 is 9.90 Å². The summed E-state index contributed by atoms with van der Waals surface area (Å²) in [5.41, 5.74) is 0.586. The molecule has 1 aliphatic heterocycles. The second kappa shape index (κ2) is 4.75. The molecule has 1 saturated heterocycles. The highest BCUT2D eigenvalue weighted by Crippen LogP contribution is 2.37. The molecular weight excluding hydrogens is 338 g/mol. The molecule has 1 amide bonds. The summed E-state index contributed by atoms with van der Waals surface area (Å²) >= 11 is 6.63. The van der Waals surface area contributed by atoms with Crippen molar-refractivity contribution in [3.63, 3.8) is 0 Å². The van der Waals surface area contributed by atoms with Gasteiger partial charge in [-0.1, -0.05) is 22.0 Å². The molecule has 0 radical (unpaired) electrons. The van der Waals surface area contributed by atoms with Gasteiger partial charge in [-0.2, -0.15) is 0 Å². The molecule has 5 heteroatoms. The van der Waals surface area contributed by atoms with E-state index in [0.29, 0.717) is 29.0 Å². The number of halogens is 2. The summed E-state index contributed by atoms with van der Waals surface area (Å²) in [7, 11) is 0. The van der Waals surface area contributed by atoms with Crippen LogP contribution in [0.3, 0.4) is 0 Å². The highest BCUT2D eigenvalue weighted by Gasteiger charge is 2.31. The third kappa shape index (κ3) is 2.11. The second-order valence-corrected chi connectivity index (χ2v) is 5.34. The van der Waals surface area contributed by atoms with E-state index in [1.807, 2.05) is 6.07 Å². The fraction of sp³-hybridized carbons (Fsp3) is 0.364. The monoisotopic (exact) mass is 347 g/mol. The van der Waals surface area contributed by atoms with Crippen molar-refractivity contribution in [3.8, 4) is 5.75 Å². The van der Waals surface area contributed by atoms with Crippen LogP contribution in [0.1, 0.15) is 6.42 Å². The Labute approximate surface area is 111 Å². The van der Waals surface area contributed by atoms with E-state index in [1.165, 1.54) is 0 Å². The van der Waals surface area contributed by atoms with Crippen LogP contribution in [-0.4, -0.2) is 22.9 Å². The lowest BCUT2D eigenvalue weighted by Gasteiger charge is -2.18. The molecule has 16 heavy (non-hydrogen) atoms. The third-order valence-corrected chi connectivity index (χ3v) is 4.24. The molecule has 86 valence electrons. The molecule has 1 N–H and O–H groups in total. The number of carbonyl (C=O) groups is 1. The van der Waals surface area contributed by atoms with Crippen LogP contribution < -0.4 is 4.90 Å². The standard InChI is InChI=1S/C11H11Br2NO2/c12-5-7-4-10(15)14(6-7)9-3-1-2-8(13)11(9)16/h1-3,7,16H,4-6H2. The quantitative estimate of drug-likeness (QED) is 0.835. The summed E-state index contributed by atoms with van der Waals surface area (Å²) in [4.78, 5) is 13.4. The number of phenolic OH excluding ortho intramolecular Hbond substituents is 1. The van der Waals surface area contributed by atoms with Crippen LogP contribution in [0.15, 0.2) is 22.7 Å². The van der Waals surface area contributed by atoms with Gasteiger partial charge in [-0.3, -0.25) is 4.79 Å². The maximum atomic E-state index is 11.8. The SMILES string of the molecule is O=C1CC(CBr)CN1c1cccc(Br)c1O. The van der Waals surface area contributed by atoms with Crippen molar-refractivity contribution >= 4 is 43.5 Å². The van der Waals surface area contributed by atoms with E-state index in [2.05, 4.69) is 31.9 Å². The van der Waals surface area contributed by atoms with Gasteiger partial charge in [0, 0.05) is 18.3 Å². The van der Waals surface area contributed by atoms with Crippen molar-refractivity contribution in [1.82, 2.24) is 0 Å². The van der Waals surface area contributed by atoms with Gasteiger partial charge in [0.05, 0.1) is 10.2 Å². The Balaban J connectivity index is 2.31. The summed E-state index contributed by atoms with van der Waals surface area (Å²) in [5, 5.41) is 10.7. The van der Waals surface area contributed by atoms with Crippen molar-refractivity contribution in [2.75, 3.05) is 16.8 Å². The molecule has 0 aromatic heterocycles. The first-order valence-electron chi connectivity index (χ1n) is 4.97. The summed E-state index contributed by atoms with van der Waals surface area (Å²) in [6.45, 7) is 0.661. The van der Waals surface area contributed by atoms with E-state index < -0.39 is 0 Å². The summed E-state index contributed by atoms with van der Waals surface area (Å²) in [6, 6.07) is 5.32. The lowest BCUT2D eigenvalue weighted by atomic mass is 10.2. The Morgan fingerprint density at radius 2 is 2.25 bits per heavy atom. The van der Waals surface area contributed by atoms with Crippen LogP contribution in [0, 0.1) is 5.92 Å². The largest absolute Gasteiger partial charge is 0.505 e. The minimum atomic E-state index is 0.0675. The normalized spacial score (nSPS) is 20.5. The van der Waals surface area contributed by atoms with Gasteiger partial charge in [0.25, 0.3) is 0 Å². The summed E-state index contributed by atoms with van der Waals surface area (Å²) in [5.74, 6) is 0.523. The first-order chi connectivity index (χ1) is 7.63. The predicted molar refractivity (Wildman–Crippen MR) is 70.1 cm³/mol. The Morgan fingerprint density at radius 3 is 2.88 bits per heavy atom. The molecule has 1 aromatic rings. The smallest absolute Gasteiger partial charge is 0.227 e. The lowest BCUT2D eigenvalue weighted by molar-refractivity contribution is -0.117. The molecule has 0 saturated carbocycles. The highest BCUT2D eigenvalue weighted by atomic mass is 79.9. The molecule has 1 atom stereocenters. The second-order valence-electron chi connectivity index (χ2n) is 3.84. The van der Waals surface area contributed by atoms with Crippen LogP contribution in [0.2, 0.25) is 0 Å². The van der Waals surface area contributed by atoms with Crippen molar-refractivity contribution in [3.05, 3.63) is 22.7 Å². The molecule has 0 aliphatic carbocycles. The molecular formula is C11H11Br2NO2. The molecule has 1 aromatic carbocycles. The van der Waals surface area contributed by atoms with Gasteiger partial charge < -0.3 is 10.0 Å². The average molecular weight is 349 g/mol. The van der Waals surface area contributed by atoms with E-state index >= 15 is 0 Å². The number of aromatic hydroxyl groups is 1. The molecule has 1 unspecified atom stereocenters. The van der Waals surface area contributed by atoms with Gasteiger partial charge in [-0.05, 0) is 34.0 Å². The third-order valence-electron chi connectivity index (χ3n) is 2.68. The number of hydrogen-bond donors (Lipinski definition) is 1. The van der Waals surface area contributed by atoms with Gasteiger partial charge in [-0.15, -0.1) is 0 Å². The minimum absolute atomic E-state index is 0.0675. The van der Waals surface area contributed by atoms with Gasteiger partial charge in [-0.25, -0.2) is 0 Å². The number of nitrogens with zero attached hydrogens (tertiary/aromatic N) is 1. The van der Waals surface area contributed by atoms with E-state index in [1.54, 1.807) is 17.0 Å². The van der Waals surface area contributed by atoms with E-state index in [4.69, 9.17) is 0 Å². The minimum Gasteiger partial charge on any atom is -0.505 e. The zero-order valence-corrected chi connectivity index (χ0v) is 11.7. The van der Waals surface area contributed by atoms with Gasteiger partial charge >= 0.3 is 0 Å². The van der Waals surface area contributed by atoms with Crippen molar-refractivity contribution in [2.45, 2.75) is 6.42 Å². The molecule has 1 aliphatic rings. The van der Waals surface area contributed by atoms with Crippen LogP contribution >= 0.6 is 31.9 Å². The Kier molecular flexibility index (Phi) is 3.54. The first-order valence-corrected chi connectivity index (χ1v) is 6.88. The fourth-order valence-electron chi connectivity index (χ4n) is 1.84. The maximum Gasteiger partial charge on any atom is 0.227 e. The number of anilines is 1. The van der Waals surface area contributed by atoms with Crippen LogP contribution in [0.4, 0.5) is 5.69 Å². The van der Waals surface area contributed by atoms with E-state index in [9.17, 15) is 9.90 Å². The lowest BCUT2D eigenvalue weighted by Crippen LogP contribution is -2.24. The number of amides is 1. The number of para-hydroxylation sites is 1. The predicted octanol–water partition coefficient (Wildman–Crippen LogP) is 2.90. The van der Waals surface area contributed by atoms with Crippen LogP contribution in [0.25, 0.3) is 0 Å². The average Bonchev–Trinajstić information content (AvgIpc) is 2.64. The van der Waals surface area contributed by atoms with Crippen molar-refractivity contribution in [1.29, 1.82) is 0 Å². The van der Waals surface area contributed by atoms with E-state index in [-0.39, 0.29) is 11.7 Å². The van der Waals surface area contributed by atoms with E-state index in [0.717, 1.165) is 5.33 Å². The Morgan fingerprint density at radius 1 is 1.50 bits per heavy atom. The molecule has 0 bridgehead atoms. The van der Waals surface area contributed by atoms with Crippen LogP contribution in [0.5, 0.6) is 5.75 Å². The topological polar surface area (TPSA) is 40.5 Å². The summed E-state index contributed by atoms with van der Waals surface area (Å²) in [6.07, 6.45) is 0.539. The molecule has 3 nitrogen and oxygen atoms in total. The number of hydrogen-bond acceptors (Lipinski definition) is 2. The number of carbonyl (C=O) groups excluding carboxylic acids is 1. The Hall–Kier alpha value is -0.550. The fourth-order valence-corrected chi connectivity index (χ4v) is 2.63. The van der Waals surface area contributed by atoms with Gasteiger partial charge in [0.2, 0.25) is 5.91 Å². The highest BCUT2D eigenvalue weighted by molar-refractivity contribution is 9.10. The number of rotatable bonds is 2. The zero-order chi connectivity index (χ0) is 11.7. The maximum absolute atomic E-state index is 11.8. The number of alkyl halides is 1. The van der Waals surface area contributed by atoms with Crippen LogP contribution in [-0.2, 0) is 4.79 Å². The molecule has 2 rings (SSSR count). The Bertz CT molecular complexity index is 422. The molecule has 1 fully saturated rings. The summed E-state index contributed by atoms with van der Waals surface area (Å²) < 4.78 is 0.611.